The lowest BCUT2D eigenvalue weighted by atomic mass is 10.0. The van der Waals surface area contributed by atoms with Crippen LogP contribution >= 0.6 is 23.3 Å². The van der Waals surface area contributed by atoms with E-state index in [2.05, 4.69) is 19.8 Å². The van der Waals surface area contributed by atoms with Crippen LogP contribution in [0.5, 0.6) is 0 Å². The Balaban J connectivity index is 1.30. The molecule has 1 aromatic rings. The fourth-order valence-electron chi connectivity index (χ4n) is 5.10. The molecule has 5 N–H and O–H groups in total. The first-order valence-corrected chi connectivity index (χ1v) is 13.8. The molecule has 16 nitrogen and oxygen atoms in total. The number of nitrogens with two attached hydrogens (primary N) is 1. The number of β-lactam (4-membered cyclic amide) rings is 1. The largest absolute Gasteiger partial charge is 0.477 e. The smallest absolute Gasteiger partial charge is 0.409 e. The van der Waals surface area contributed by atoms with Crippen molar-refractivity contribution in [3.8, 4) is 0 Å². The summed E-state index contributed by atoms with van der Waals surface area (Å²) in [5, 5.41) is 23.9. The number of carboxylic acid groups (broad SMARTS) is 1. The number of anilines is 1. The topological polar surface area (TPSA) is 221 Å². The molecule has 0 bridgehead atoms. The second-order valence-electron chi connectivity index (χ2n) is 9.22. The lowest BCUT2D eigenvalue weighted by Crippen LogP contribution is -2.71. The average Bonchev–Trinajstić information content (AvgIpc) is 3.67. The van der Waals surface area contributed by atoms with Crippen LogP contribution in [0.1, 0.15) is 18.7 Å². The van der Waals surface area contributed by atoms with Crippen LogP contribution < -0.4 is 11.1 Å². The van der Waals surface area contributed by atoms with Crippen LogP contribution in [0, 0.1) is 0 Å². The summed E-state index contributed by atoms with van der Waals surface area (Å²) in [5.74, 6) is -3.23. The third-order valence-corrected chi connectivity index (χ3v) is 8.84. The van der Waals surface area contributed by atoms with Gasteiger partial charge in [-0.3, -0.25) is 19.3 Å². The van der Waals surface area contributed by atoms with Gasteiger partial charge in [-0.15, -0.1) is 11.8 Å². The number of nitrogens with zero attached hydrogens (tertiary/aromatic N) is 6. The normalized spacial score (nSPS) is 25.8. The Kier molecular flexibility index (Phi) is 7.37. The summed E-state index contributed by atoms with van der Waals surface area (Å²) < 4.78 is 8.57. The Morgan fingerprint density at radius 3 is 2.70 bits per heavy atom. The highest BCUT2D eigenvalue weighted by molar-refractivity contribution is 8.00. The number of oxime groups is 1. The van der Waals surface area contributed by atoms with Crippen molar-refractivity contribution >= 4 is 63.9 Å². The molecule has 212 valence electrons. The highest BCUT2D eigenvalue weighted by Crippen LogP contribution is 2.41. The minimum atomic E-state index is -1.35. The monoisotopic (exact) mass is 592 g/mol. The number of aliphatic carboxylic acids is 1. The van der Waals surface area contributed by atoms with Gasteiger partial charge in [0.2, 0.25) is 17.4 Å². The average molecular weight is 593 g/mol. The summed E-state index contributed by atoms with van der Waals surface area (Å²) in [5.41, 5.74) is 5.43. The van der Waals surface area contributed by atoms with Crippen LogP contribution in [0.3, 0.4) is 0 Å². The number of rotatable bonds is 6. The Bertz CT molecular complexity index is 1390. The number of ether oxygens (including phenoxy) is 1. The van der Waals surface area contributed by atoms with E-state index < -0.39 is 41.0 Å². The number of carbonyl (C=O) groups excluding carboxylic acids is 4. The second-order valence-corrected chi connectivity index (χ2v) is 11.1. The van der Waals surface area contributed by atoms with Gasteiger partial charge in [0.25, 0.3) is 11.8 Å². The zero-order chi connectivity index (χ0) is 28.7. The van der Waals surface area contributed by atoms with Crippen molar-refractivity contribution < 1.29 is 39.0 Å². The van der Waals surface area contributed by atoms with E-state index in [-0.39, 0.29) is 34.4 Å². The maximum Gasteiger partial charge on any atom is 0.409 e. The zero-order valence-electron chi connectivity index (χ0n) is 21.0. The molecule has 5 rings (SSSR count). The summed E-state index contributed by atoms with van der Waals surface area (Å²) in [6.45, 7) is 1.26. The molecule has 0 saturated carbocycles. The quantitative estimate of drug-likeness (QED) is 0.103. The highest BCUT2D eigenvalue weighted by Gasteiger charge is 2.54. The Morgan fingerprint density at radius 2 is 2.05 bits per heavy atom. The lowest BCUT2D eigenvalue weighted by Gasteiger charge is -2.49. The van der Waals surface area contributed by atoms with Crippen LogP contribution in [0.4, 0.5) is 9.93 Å². The van der Waals surface area contributed by atoms with Gasteiger partial charge in [-0.25, -0.2) is 9.59 Å². The summed E-state index contributed by atoms with van der Waals surface area (Å²) in [6, 6.07) is -1.25. The number of allylic oxidation sites excluding steroid dienone is 1. The summed E-state index contributed by atoms with van der Waals surface area (Å²) >= 11 is 2.01. The predicted molar refractivity (Wildman–Crippen MR) is 139 cm³/mol. The van der Waals surface area contributed by atoms with E-state index in [0.29, 0.717) is 43.6 Å². The summed E-state index contributed by atoms with van der Waals surface area (Å²) in [4.78, 5) is 70.9. The molecule has 3 saturated heterocycles. The van der Waals surface area contributed by atoms with E-state index in [0.717, 1.165) is 16.4 Å². The number of likely N-dealkylation sites (tertiary alicyclic amines) is 2. The number of carbonyl (C=O) groups is 5. The molecular weight excluding hydrogens is 568 g/mol. The van der Waals surface area contributed by atoms with E-state index in [4.69, 9.17) is 10.5 Å². The van der Waals surface area contributed by atoms with Crippen LogP contribution in [0.15, 0.2) is 28.1 Å². The molecule has 4 aliphatic rings. The van der Waals surface area contributed by atoms with Crippen LogP contribution in [-0.4, -0.2) is 120 Å². The fourth-order valence-corrected chi connectivity index (χ4v) is 6.84. The first-order chi connectivity index (χ1) is 19.1. The van der Waals surface area contributed by atoms with Crippen molar-refractivity contribution in [2.45, 2.75) is 30.3 Å². The van der Waals surface area contributed by atoms with Crippen molar-refractivity contribution in [1.82, 2.24) is 29.4 Å². The number of hydrogen-bond donors (Lipinski definition) is 4. The van der Waals surface area contributed by atoms with Gasteiger partial charge in [-0.1, -0.05) is 5.16 Å². The van der Waals surface area contributed by atoms with E-state index in [1.54, 1.807) is 4.90 Å². The summed E-state index contributed by atoms with van der Waals surface area (Å²) in [7, 11) is 1.30. The minimum Gasteiger partial charge on any atom is -0.477 e. The Hall–Kier alpha value is -4.19. The van der Waals surface area contributed by atoms with E-state index in [1.165, 1.54) is 29.8 Å². The highest BCUT2D eigenvalue weighted by atomic mass is 32.2. The van der Waals surface area contributed by atoms with Gasteiger partial charge in [0.1, 0.15) is 17.1 Å². The molecule has 0 radical (unpaired) electrons. The predicted octanol–water partition coefficient (Wildman–Crippen LogP) is -0.963. The molecule has 40 heavy (non-hydrogen) atoms. The number of nitrogen functional groups attached to an aromatic ring is 1. The molecular formula is C22H24N8O8S2. The molecule has 3 atom stereocenters. The second kappa shape index (κ2) is 10.8. The number of carboxylic acids is 1. The van der Waals surface area contributed by atoms with Crippen molar-refractivity contribution in [1.29, 1.82) is 0 Å². The molecule has 0 unspecified atom stereocenters. The maximum absolute atomic E-state index is 13.2. The Morgan fingerprint density at radius 1 is 1.27 bits per heavy atom. The molecule has 3 fully saturated rings. The number of aromatic nitrogens is 2. The molecule has 4 aliphatic heterocycles. The fraction of sp³-hybridized carbons (Fsp3) is 0.455. The number of methoxy groups -OCH3 is 1. The maximum atomic E-state index is 13.2. The first-order valence-electron chi connectivity index (χ1n) is 12.0. The molecule has 0 spiro atoms. The lowest BCUT2D eigenvalue weighted by molar-refractivity contribution is -0.150. The van der Waals surface area contributed by atoms with E-state index in [9.17, 15) is 34.3 Å². The molecule has 4 amide bonds. The van der Waals surface area contributed by atoms with Crippen LogP contribution in [0.25, 0.3) is 0 Å². The van der Waals surface area contributed by atoms with Crippen LogP contribution in [-0.2, 0) is 23.9 Å². The first kappa shape index (κ1) is 27.4. The number of thioether (sulfide) groups is 1. The number of nitrogens with one attached hydrogen (secondary N) is 1. The standard InChI is InChI=1S/C22H24N8O8S2/c1-38-22(36)28-4-3-11(7-28)29-5-2-9(17(29)32)6-10-8-39-19-13(18(33)30(19)14(10)20(34)35)24-16(31)12(26-37)15-25-21(23)40-27-15/h6,11,13,19,37H,2-5,7-8H2,1H3,(H,24,31)(H,34,35)(H2,23,25,27)/b9-6?,26-12-/t11-,13-,19-/m1/s1. The van der Waals surface area contributed by atoms with Gasteiger partial charge in [-0.2, -0.15) is 9.36 Å². The third-order valence-electron chi connectivity index (χ3n) is 7.00. The minimum absolute atomic E-state index is 0.0471. The molecule has 1 aromatic heterocycles. The third kappa shape index (κ3) is 4.72. The van der Waals surface area contributed by atoms with Crippen molar-refractivity contribution in [2.24, 2.45) is 5.16 Å². The van der Waals surface area contributed by atoms with Gasteiger partial charge in [0.05, 0.1) is 13.2 Å². The number of amides is 4. The number of fused-ring (bicyclic) bond motifs is 1. The van der Waals surface area contributed by atoms with Gasteiger partial charge < -0.3 is 35.9 Å². The number of hydrogen-bond acceptors (Lipinski definition) is 13. The molecule has 0 aliphatic carbocycles. The van der Waals surface area contributed by atoms with Crippen molar-refractivity contribution in [2.75, 3.05) is 38.2 Å². The van der Waals surface area contributed by atoms with Crippen molar-refractivity contribution in [3.63, 3.8) is 0 Å². The van der Waals surface area contributed by atoms with E-state index in [1.807, 2.05) is 0 Å². The zero-order valence-corrected chi connectivity index (χ0v) is 22.6. The van der Waals surface area contributed by atoms with Gasteiger partial charge in [0, 0.05) is 42.5 Å². The Labute approximate surface area is 234 Å². The summed E-state index contributed by atoms with van der Waals surface area (Å²) in [6.07, 6.45) is 2.07. The molecule has 5 heterocycles. The van der Waals surface area contributed by atoms with E-state index >= 15 is 0 Å². The van der Waals surface area contributed by atoms with Crippen LogP contribution in [0.2, 0.25) is 0 Å². The molecule has 0 aromatic carbocycles. The van der Waals surface area contributed by atoms with Gasteiger partial charge in [0.15, 0.2) is 5.13 Å². The van der Waals surface area contributed by atoms with Crippen molar-refractivity contribution in [3.05, 3.63) is 28.7 Å². The van der Waals surface area contributed by atoms with Gasteiger partial charge >= 0.3 is 12.1 Å². The van der Waals surface area contributed by atoms with Gasteiger partial charge in [-0.05, 0) is 24.5 Å². The molecule has 18 heteroatoms. The SMILES string of the molecule is COC(=O)N1CC[C@@H](N2CCC(=CC3=C(C(=O)O)N4C(=O)[C@@H](NC(=O)/C(=N\O)c5nsc(N)n5)[C@H]4SC3)C2=O)C1.